The number of rotatable bonds is 1. The minimum Gasteiger partial charge on any atom is -0.418 e. The molecule has 0 saturated heterocycles. The molecule has 4 aliphatic rings. The number of hydrogen-bond donors (Lipinski definition) is 0. The maximum atomic E-state index is 9.75. The first kappa shape index (κ1) is 27.1. The molecule has 8 heteroatoms. The monoisotopic (exact) mass is 532 g/mol. The van der Waals surface area contributed by atoms with E-state index in [0.717, 1.165) is 11.8 Å². The van der Waals surface area contributed by atoms with Crippen molar-refractivity contribution in [2.75, 3.05) is 0 Å². The first-order valence-electron chi connectivity index (χ1n) is 9.37. The van der Waals surface area contributed by atoms with Gasteiger partial charge in [-0.3, -0.25) is 0 Å². The molecule has 2 atom stereocenters. The van der Waals surface area contributed by atoms with E-state index in [4.69, 9.17) is 0 Å². The Morgan fingerprint density at radius 2 is 1.07 bits per heavy atom. The Kier molecular flexibility index (Phi) is 11.4. The number of fused-ring (bicyclic) bond motifs is 2. The first-order chi connectivity index (χ1) is 13.0. The summed E-state index contributed by atoms with van der Waals surface area (Å²) in [7, 11) is -6.00. The molecule has 2 aliphatic carbocycles. The van der Waals surface area contributed by atoms with Crippen LogP contribution in [-0.4, -0.2) is 17.8 Å². The van der Waals surface area contributed by atoms with E-state index in [1.165, 1.54) is 27.4 Å². The minimum absolute atomic E-state index is 0. The van der Waals surface area contributed by atoms with E-state index in [9.17, 15) is 17.3 Å². The summed E-state index contributed by atoms with van der Waals surface area (Å²) in [6, 6.07) is 0. The van der Waals surface area contributed by atoms with Crippen LogP contribution in [0.4, 0.5) is 17.3 Å². The maximum absolute atomic E-state index is 9.75. The molecule has 0 aromatic heterocycles. The normalized spacial score (nSPS) is 30.3. The first-order valence-corrected chi connectivity index (χ1v) is 11.1. The molecule has 0 nitrogen and oxygen atoms in total. The summed E-state index contributed by atoms with van der Waals surface area (Å²) < 4.78 is 39.0. The van der Waals surface area contributed by atoms with Crippen LogP contribution in [0.15, 0.2) is 45.3 Å². The Hall–Kier alpha value is 0.0683. The fraction of sp³-hybridized carbons (Fsp3) is 0.429. The van der Waals surface area contributed by atoms with E-state index in [0.29, 0.717) is 10.5 Å². The zero-order valence-electron chi connectivity index (χ0n) is 16.9. The number of hydrogen-bond acceptors (Lipinski definition) is 2. The average molecular weight is 532 g/mol. The summed E-state index contributed by atoms with van der Waals surface area (Å²) in [6.45, 7) is 8.93. The van der Waals surface area contributed by atoms with Crippen molar-refractivity contribution in [3.63, 3.8) is 0 Å². The van der Waals surface area contributed by atoms with Crippen LogP contribution in [0.1, 0.15) is 34.1 Å². The molecule has 0 N–H and O–H groups in total. The van der Waals surface area contributed by atoms with E-state index < -0.39 is 7.25 Å². The smallest absolute Gasteiger partial charge is 0.418 e. The van der Waals surface area contributed by atoms with Crippen molar-refractivity contribution in [3.05, 3.63) is 70.9 Å². The van der Waals surface area contributed by atoms with Gasteiger partial charge >= 0.3 is 26.7 Å². The van der Waals surface area contributed by atoms with Crippen LogP contribution in [0.3, 0.4) is 0 Å². The topological polar surface area (TPSA) is 0 Å². The van der Waals surface area contributed by atoms with E-state index in [-0.39, 0.29) is 19.5 Å². The van der Waals surface area contributed by atoms with Crippen molar-refractivity contribution in [3.8, 4) is 0 Å². The van der Waals surface area contributed by atoms with Crippen molar-refractivity contribution in [1.82, 2.24) is 0 Å². The molecular formula is C21H26BF4RhS2+. The molecule has 2 unspecified atom stereocenters. The molecule has 0 aromatic carbocycles. The van der Waals surface area contributed by atoms with E-state index in [2.05, 4.69) is 77.7 Å². The van der Waals surface area contributed by atoms with Gasteiger partial charge in [-0.25, -0.2) is 0 Å². The predicted octanol–water partition coefficient (Wildman–Crippen LogP) is 7.67. The van der Waals surface area contributed by atoms with E-state index in [1.54, 1.807) is 0 Å². The third kappa shape index (κ3) is 10.8. The van der Waals surface area contributed by atoms with Crippen molar-refractivity contribution < 1.29 is 36.7 Å². The zero-order chi connectivity index (χ0) is 20.9. The van der Waals surface area contributed by atoms with Gasteiger partial charge in [-0.15, -0.1) is 23.5 Å². The van der Waals surface area contributed by atoms with Crippen LogP contribution in [0.25, 0.3) is 0 Å². The van der Waals surface area contributed by atoms with Gasteiger partial charge in [0.25, 0.3) is 0 Å². The second-order valence-corrected chi connectivity index (χ2v) is 10.5. The summed E-state index contributed by atoms with van der Waals surface area (Å²) in [5.41, 5.74) is 2.80. The van der Waals surface area contributed by atoms with Gasteiger partial charge in [0.1, 0.15) is 0 Å². The van der Waals surface area contributed by atoms with Crippen molar-refractivity contribution in [2.24, 2.45) is 11.8 Å². The quantitative estimate of drug-likeness (QED) is 0.251. The molecule has 2 fully saturated rings. The molecule has 4 rings (SSSR count). The van der Waals surface area contributed by atoms with Gasteiger partial charge in [0, 0.05) is 10.5 Å². The molecule has 161 valence electrons. The second-order valence-electron chi connectivity index (χ2n) is 7.23. The van der Waals surface area contributed by atoms with Gasteiger partial charge in [-0.05, 0) is 105 Å². The molecule has 2 heterocycles. The molecular weight excluding hydrogens is 506 g/mol. The number of allylic oxidation sites excluding steroid dienone is 6. The van der Waals surface area contributed by atoms with E-state index in [1.807, 2.05) is 23.5 Å². The van der Waals surface area contributed by atoms with Crippen molar-refractivity contribution in [1.29, 1.82) is 0 Å². The van der Waals surface area contributed by atoms with Crippen molar-refractivity contribution in [2.45, 2.75) is 44.6 Å². The summed E-state index contributed by atoms with van der Waals surface area (Å²) in [4.78, 5) is 2.84. The fourth-order valence-electron chi connectivity index (χ4n) is 3.45. The molecule has 0 aromatic rings. The maximum Gasteiger partial charge on any atom is 2.00 e. The molecule has 2 bridgehead atoms. The summed E-state index contributed by atoms with van der Waals surface area (Å²) in [5.74, 6) is 1.62. The van der Waals surface area contributed by atoms with Gasteiger partial charge in [-0.1, -0.05) is 12.2 Å². The van der Waals surface area contributed by atoms with Crippen molar-refractivity contribution >= 4 is 30.8 Å². The number of halogens is 4. The Bertz CT molecular complexity index is 606. The largest absolute Gasteiger partial charge is 2.00 e. The third-order valence-corrected chi connectivity index (χ3v) is 6.37. The van der Waals surface area contributed by atoms with Gasteiger partial charge in [-0.2, -0.15) is 0 Å². The molecule has 29 heavy (non-hydrogen) atoms. The zero-order valence-corrected chi connectivity index (χ0v) is 20.1. The van der Waals surface area contributed by atoms with Crippen LogP contribution in [0.2, 0.25) is 0 Å². The third-order valence-electron chi connectivity index (χ3n) is 4.38. The van der Waals surface area contributed by atoms with Crippen LogP contribution in [-0.2, 0) is 19.5 Å². The van der Waals surface area contributed by atoms with Gasteiger partial charge in [0.05, 0.1) is 0 Å². The Morgan fingerprint density at radius 3 is 1.28 bits per heavy atom. The Balaban J connectivity index is 0.000000267. The number of thioether (sulfide) groups is 2. The second kappa shape index (κ2) is 12.2. The molecule has 2 saturated carbocycles. The van der Waals surface area contributed by atoms with E-state index >= 15 is 0 Å². The molecule has 0 amide bonds. The molecule has 2 aliphatic heterocycles. The van der Waals surface area contributed by atoms with Crippen LogP contribution >= 0.6 is 23.5 Å². The average Bonchev–Trinajstić information content (AvgIpc) is 3.17. The fourth-order valence-corrected chi connectivity index (χ4v) is 5.44. The predicted molar refractivity (Wildman–Crippen MR) is 117 cm³/mol. The minimum atomic E-state index is -6.00. The van der Waals surface area contributed by atoms with Gasteiger partial charge in [0.15, 0.2) is 0 Å². The van der Waals surface area contributed by atoms with Gasteiger partial charge < -0.3 is 17.3 Å². The molecule has 0 spiro atoms. The van der Waals surface area contributed by atoms with Crippen LogP contribution in [0, 0.1) is 37.5 Å². The van der Waals surface area contributed by atoms with Crippen LogP contribution in [0.5, 0.6) is 0 Å². The Morgan fingerprint density at radius 1 is 0.759 bits per heavy atom. The summed E-state index contributed by atoms with van der Waals surface area (Å²) >= 11 is 3.88. The summed E-state index contributed by atoms with van der Waals surface area (Å²) in [5, 5.41) is 1.19. The SMILES string of the molecule is CC1=CC(C2=CC(C)SC(C)=C2)=CC(C)S1.F[B-](F)(F)F.[CH]1[CH]C2[CH][CH]C1C2.[Rh+2]. The Labute approximate surface area is 194 Å². The van der Waals surface area contributed by atoms with Gasteiger partial charge in [0.2, 0.25) is 0 Å². The van der Waals surface area contributed by atoms with Crippen LogP contribution < -0.4 is 0 Å². The molecule has 5 radical (unpaired) electrons. The standard InChI is InChI=1S/C14H18S2.C7H8.BF4.Rh/c1-9-5-13(6-10(2)15-9)14-7-11(3)16-12(4)8-14;1-2-7-4-3-6(1)5-7;2-1(3,4)5;/h5-9,11H,1-4H3;1-4,6-7H,5H2;;/q;;-1;+2. The summed E-state index contributed by atoms with van der Waals surface area (Å²) in [6.07, 6.45) is 19.9.